The zero-order valence-corrected chi connectivity index (χ0v) is 23.7. The van der Waals surface area contributed by atoms with Crippen LogP contribution in [0.5, 0.6) is 11.5 Å². The molecule has 11 heteroatoms. The van der Waals surface area contributed by atoms with Gasteiger partial charge in [0.2, 0.25) is 0 Å². The molecule has 1 aliphatic rings. The van der Waals surface area contributed by atoms with Crippen LogP contribution in [0.25, 0.3) is 10.2 Å². The summed E-state index contributed by atoms with van der Waals surface area (Å²) in [4.78, 5) is 32.1. The smallest absolute Gasteiger partial charge is 0.262 e. The Morgan fingerprint density at radius 2 is 2.05 bits per heavy atom. The van der Waals surface area contributed by atoms with Gasteiger partial charge in [-0.1, -0.05) is 36.2 Å². The lowest BCUT2D eigenvalue weighted by molar-refractivity contribution is -0.121. The van der Waals surface area contributed by atoms with Gasteiger partial charge in [0.05, 0.1) is 25.0 Å². The molecule has 1 aliphatic carbocycles. The Morgan fingerprint density at radius 1 is 1.26 bits per heavy atom. The van der Waals surface area contributed by atoms with Crippen LogP contribution in [0, 0.1) is 5.92 Å². The third-order valence-electron chi connectivity index (χ3n) is 6.62. The number of rotatable bonds is 8. The monoisotopic (exact) mass is 584 g/mol. The first-order valence-corrected chi connectivity index (χ1v) is 14.0. The highest BCUT2D eigenvalue weighted by atomic mass is 35.5. The number of methoxy groups -OCH3 is 1. The van der Waals surface area contributed by atoms with E-state index in [2.05, 4.69) is 22.4 Å². The van der Waals surface area contributed by atoms with Gasteiger partial charge in [0.15, 0.2) is 11.5 Å². The number of halogens is 2. The summed E-state index contributed by atoms with van der Waals surface area (Å²) in [6, 6.07) is 10.5. The molecule has 0 radical (unpaired) electrons. The van der Waals surface area contributed by atoms with Crippen molar-refractivity contribution in [2.24, 2.45) is 11.0 Å². The van der Waals surface area contributed by atoms with Gasteiger partial charge < -0.3 is 9.47 Å². The number of carbonyl (C=O) groups excluding carboxylic acids is 1. The first-order valence-electron chi connectivity index (χ1n) is 12.4. The van der Waals surface area contributed by atoms with E-state index in [-0.39, 0.29) is 18.7 Å². The summed E-state index contributed by atoms with van der Waals surface area (Å²) in [6.07, 6.45) is 5.80. The first kappa shape index (κ1) is 27.2. The van der Waals surface area contributed by atoms with Gasteiger partial charge in [-0.05, 0) is 66.6 Å². The minimum Gasteiger partial charge on any atom is -0.493 e. The molecule has 0 bridgehead atoms. The van der Waals surface area contributed by atoms with E-state index in [0.29, 0.717) is 44.0 Å². The van der Waals surface area contributed by atoms with E-state index in [4.69, 9.17) is 32.7 Å². The number of carbonyl (C=O) groups is 1. The van der Waals surface area contributed by atoms with E-state index in [1.54, 1.807) is 47.7 Å². The van der Waals surface area contributed by atoms with Gasteiger partial charge in [-0.15, -0.1) is 11.3 Å². The van der Waals surface area contributed by atoms with Gasteiger partial charge in [-0.3, -0.25) is 14.2 Å². The Morgan fingerprint density at radius 3 is 2.82 bits per heavy atom. The second kappa shape index (κ2) is 11.8. The van der Waals surface area contributed by atoms with Crippen LogP contribution in [0.4, 0.5) is 0 Å². The molecule has 0 spiro atoms. The topological polar surface area (TPSA) is 94.8 Å². The molecule has 2 aromatic carbocycles. The lowest BCUT2D eigenvalue weighted by Crippen LogP contribution is -2.30. The van der Waals surface area contributed by atoms with Crippen LogP contribution < -0.4 is 20.5 Å². The number of ether oxygens (including phenoxy) is 2. The molecular formula is C28H26Cl2N4O4S. The van der Waals surface area contributed by atoms with Gasteiger partial charge in [0.1, 0.15) is 18.0 Å². The summed E-state index contributed by atoms with van der Waals surface area (Å²) in [7, 11) is 1.53. The molecule has 0 saturated carbocycles. The summed E-state index contributed by atoms with van der Waals surface area (Å²) in [5.74, 6) is 1.15. The number of thiophene rings is 1. The van der Waals surface area contributed by atoms with Crippen LogP contribution in [0.15, 0.2) is 52.6 Å². The normalized spacial score (nSPS) is 14.9. The van der Waals surface area contributed by atoms with Crippen LogP contribution in [0.2, 0.25) is 10.0 Å². The van der Waals surface area contributed by atoms with E-state index < -0.39 is 5.91 Å². The van der Waals surface area contributed by atoms with Crippen molar-refractivity contribution >= 4 is 56.9 Å². The molecule has 2 aromatic heterocycles. The highest BCUT2D eigenvalue weighted by molar-refractivity contribution is 7.18. The molecule has 0 aliphatic heterocycles. The number of hydrogen-bond donors (Lipinski definition) is 1. The second-order valence-electron chi connectivity index (χ2n) is 9.40. The predicted molar refractivity (Wildman–Crippen MR) is 155 cm³/mol. The van der Waals surface area contributed by atoms with Crippen molar-refractivity contribution in [2.45, 2.75) is 39.3 Å². The molecule has 39 heavy (non-hydrogen) atoms. The number of nitrogens with one attached hydrogen (secondary N) is 1. The SMILES string of the molecule is COc1cc(C=NNC(=O)Cn2cnc3sc4c(c3c2=O)CCC(C)C4)ccc1OCc1c(Cl)cccc1Cl. The Hall–Kier alpha value is -3.40. The van der Waals surface area contributed by atoms with E-state index in [9.17, 15) is 9.59 Å². The molecule has 8 nitrogen and oxygen atoms in total. The molecule has 1 amide bonds. The van der Waals surface area contributed by atoms with Crippen molar-refractivity contribution in [1.82, 2.24) is 15.0 Å². The fourth-order valence-electron chi connectivity index (χ4n) is 4.55. The molecule has 1 N–H and O–H groups in total. The molecule has 202 valence electrons. The van der Waals surface area contributed by atoms with Crippen molar-refractivity contribution < 1.29 is 14.3 Å². The molecular weight excluding hydrogens is 559 g/mol. The summed E-state index contributed by atoms with van der Waals surface area (Å²) < 4.78 is 12.6. The lowest BCUT2D eigenvalue weighted by Gasteiger charge is -2.17. The Kier molecular flexibility index (Phi) is 8.20. The van der Waals surface area contributed by atoms with Crippen molar-refractivity contribution in [2.75, 3.05) is 7.11 Å². The highest BCUT2D eigenvalue weighted by Crippen LogP contribution is 2.35. The van der Waals surface area contributed by atoms with Crippen molar-refractivity contribution in [1.29, 1.82) is 0 Å². The van der Waals surface area contributed by atoms with Crippen LogP contribution in [-0.2, 0) is 30.8 Å². The van der Waals surface area contributed by atoms with E-state index in [0.717, 1.165) is 29.7 Å². The fraction of sp³-hybridized carbons (Fsp3) is 0.286. The highest BCUT2D eigenvalue weighted by Gasteiger charge is 2.23. The largest absolute Gasteiger partial charge is 0.493 e. The maximum Gasteiger partial charge on any atom is 0.262 e. The van der Waals surface area contributed by atoms with Crippen molar-refractivity contribution in [3.63, 3.8) is 0 Å². The number of hydrogen-bond acceptors (Lipinski definition) is 7. The third-order valence-corrected chi connectivity index (χ3v) is 8.49. The van der Waals surface area contributed by atoms with Crippen LogP contribution in [-0.4, -0.2) is 28.8 Å². The van der Waals surface area contributed by atoms with E-state index in [1.807, 2.05) is 0 Å². The van der Waals surface area contributed by atoms with Crippen LogP contribution >= 0.6 is 34.5 Å². The second-order valence-corrected chi connectivity index (χ2v) is 11.3. The molecule has 5 rings (SSSR count). The number of nitrogens with zero attached hydrogens (tertiary/aromatic N) is 3. The van der Waals surface area contributed by atoms with Gasteiger partial charge in [0.25, 0.3) is 11.5 Å². The molecule has 4 aromatic rings. The Balaban J connectivity index is 1.23. The zero-order valence-electron chi connectivity index (χ0n) is 21.4. The number of benzene rings is 2. The first-order chi connectivity index (χ1) is 18.8. The summed E-state index contributed by atoms with van der Waals surface area (Å²) in [5.41, 5.74) is 4.73. The zero-order chi connectivity index (χ0) is 27.5. The minimum atomic E-state index is -0.434. The average molecular weight is 586 g/mol. The van der Waals surface area contributed by atoms with Gasteiger partial charge >= 0.3 is 0 Å². The summed E-state index contributed by atoms with van der Waals surface area (Å²) in [5, 5.41) is 5.71. The van der Waals surface area contributed by atoms with Crippen LogP contribution in [0.1, 0.15) is 34.9 Å². The quantitative estimate of drug-likeness (QED) is 0.214. The maximum atomic E-state index is 13.1. The van der Waals surface area contributed by atoms with E-state index in [1.165, 1.54) is 29.1 Å². The predicted octanol–water partition coefficient (Wildman–Crippen LogP) is 5.63. The molecule has 1 unspecified atom stereocenters. The average Bonchev–Trinajstić information content (AvgIpc) is 3.28. The summed E-state index contributed by atoms with van der Waals surface area (Å²) in [6.45, 7) is 2.22. The summed E-state index contributed by atoms with van der Waals surface area (Å²) >= 11 is 14.0. The van der Waals surface area contributed by atoms with Crippen LogP contribution in [0.3, 0.4) is 0 Å². The van der Waals surface area contributed by atoms with Gasteiger partial charge in [-0.2, -0.15) is 5.10 Å². The lowest BCUT2D eigenvalue weighted by atomic mass is 9.89. The standard InChI is InChI=1S/C28H26Cl2N4O4S/c1-16-6-8-18-24(10-16)39-27-26(18)28(36)34(15-31-27)13-25(35)33-32-12-17-7-9-22(23(11-17)37-2)38-14-19-20(29)4-3-5-21(19)30/h3-5,7,9,11-12,15-16H,6,8,10,13-14H2,1-2H3,(H,33,35). The van der Waals surface area contributed by atoms with E-state index >= 15 is 0 Å². The number of amides is 1. The fourth-order valence-corrected chi connectivity index (χ4v) is 6.40. The van der Waals surface area contributed by atoms with Gasteiger partial charge in [0, 0.05) is 20.5 Å². The molecule has 0 fully saturated rings. The van der Waals surface area contributed by atoms with Crippen molar-refractivity contribution in [3.8, 4) is 11.5 Å². The maximum absolute atomic E-state index is 13.1. The number of hydrazone groups is 1. The van der Waals surface area contributed by atoms with Crippen molar-refractivity contribution in [3.05, 3.63) is 84.7 Å². The third kappa shape index (κ3) is 5.95. The van der Waals surface area contributed by atoms with Gasteiger partial charge in [-0.25, -0.2) is 10.4 Å². The number of aromatic nitrogens is 2. The Labute approximate surface area is 239 Å². The molecule has 2 heterocycles. The molecule has 1 atom stereocenters. The number of fused-ring (bicyclic) bond motifs is 3. The number of aryl methyl sites for hydroxylation is 1. The molecule has 0 saturated heterocycles. The Bertz CT molecular complexity index is 1610. The minimum absolute atomic E-state index is 0.172.